The van der Waals surface area contributed by atoms with Gasteiger partial charge in [0.15, 0.2) is 5.69 Å². The van der Waals surface area contributed by atoms with Crippen molar-refractivity contribution in [2.24, 2.45) is 0 Å². The summed E-state index contributed by atoms with van der Waals surface area (Å²) >= 11 is 5.95. The molecule has 0 radical (unpaired) electrons. The number of rotatable bonds is 6. The van der Waals surface area contributed by atoms with Gasteiger partial charge in [-0.1, -0.05) is 36.6 Å². The second-order valence-electron chi connectivity index (χ2n) is 6.07. The van der Waals surface area contributed by atoms with Crippen LogP contribution in [0.4, 0.5) is 5.82 Å². The summed E-state index contributed by atoms with van der Waals surface area (Å²) in [6, 6.07) is 11.6. The first-order chi connectivity index (χ1) is 11.7. The van der Waals surface area contributed by atoms with Gasteiger partial charge < -0.3 is 10.6 Å². The molecule has 1 aliphatic rings. The van der Waals surface area contributed by atoms with E-state index < -0.39 is 0 Å². The van der Waals surface area contributed by atoms with E-state index in [9.17, 15) is 4.79 Å². The predicted molar refractivity (Wildman–Crippen MR) is 95.4 cm³/mol. The van der Waals surface area contributed by atoms with Crippen molar-refractivity contribution in [2.45, 2.75) is 38.1 Å². The number of hydrogen-bond donors (Lipinski definition) is 2. The summed E-state index contributed by atoms with van der Waals surface area (Å²) in [6.07, 6.45) is 5.60. The molecule has 1 aromatic heterocycles. The molecule has 1 aromatic carbocycles. The lowest BCUT2D eigenvalue weighted by Gasteiger charge is -2.11. The summed E-state index contributed by atoms with van der Waals surface area (Å²) in [6.45, 7) is 0.531. The van der Waals surface area contributed by atoms with E-state index in [1.165, 1.54) is 25.7 Å². The van der Waals surface area contributed by atoms with Gasteiger partial charge in [0.05, 0.1) is 0 Å². The topological polar surface area (TPSA) is 66.9 Å². The van der Waals surface area contributed by atoms with Crippen LogP contribution >= 0.6 is 11.6 Å². The summed E-state index contributed by atoms with van der Waals surface area (Å²) in [5.74, 6) is 0.523. The number of amides is 1. The van der Waals surface area contributed by atoms with Gasteiger partial charge >= 0.3 is 0 Å². The van der Waals surface area contributed by atoms with Gasteiger partial charge in [0.25, 0.3) is 5.91 Å². The number of nitrogens with zero attached hydrogens (tertiary/aromatic N) is 2. The molecule has 1 saturated carbocycles. The maximum Gasteiger partial charge on any atom is 0.271 e. The van der Waals surface area contributed by atoms with Crippen molar-refractivity contribution >= 4 is 23.3 Å². The zero-order valence-electron chi connectivity index (χ0n) is 13.5. The van der Waals surface area contributed by atoms with Crippen LogP contribution in [-0.4, -0.2) is 28.7 Å². The summed E-state index contributed by atoms with van der Waals surface area (Å²) in [5, 5.41) is 15.0. The van der Waals surface area contributed by atoms with Crippen molar-refractivity contribution in [2.75, 3.05) is 11.9 Å². The van der Waals surface area contributed by atoms with Crippen molar-refractivity contribution in [1.29, 1.82) is 0 Å². The Morgan fingerprint density at radius 2 is 2.00 bits per heavy atom. The Kier molecular flexibility index (Phi) is 5.64. The Bertz CT molecular complexity index is 684. The van der Waals surface area contributed by atoms with Crippen LogP contribution in [0.3, 0.4) is 0 Å². The molecule has 3 rings (SSSR count). The van der Waals surface area contributed by atoms with Gasteiger partial charge in [-0.15, -0.1) is 10.2 Å². The molecule has 1 heterocycles. The number of benzene rings is 1. The second kappa shape index (κ2) is 8.11. The summed E-state index contributed by atoms with van der Waals surface area (Å²) in [5.41, 5.74) is 1.42. The highest BCUT2D eigenvalue weighted by Gasteiger charge is 2.15. The largest absolute Gasteiger partial charge is 0.366 e. The number of nitrogens with one attached hydrogen (secondary N) is 2. The molecule has 0 aliphatic heterocycles. The van der Waals surface area contributed by atoms with E-state index in [4.69, 9.17) is 11.6 Å². The second-order valence-corrected chi connectivity index (χ2v) is 6.50. The Morgan fingerprint density at radius 3 is 2.71 bits per heavy atom. The van der Waals surface area contributed by atoms with Gasteiger partial charge in [0.2, 0.25) is 0 Å². The third-order valence-corrected chi connectivity index (χ3v) is 4.43. The van der Waals surface area contributed by atoms with E-state index in [0.717, 1.165) is 17.8 Å². The molecular formula is C18H21ClN4O. The minimum absolute atomic E-state index is 0.211. The highest BCUT2D eigenvalue weighted by molar-refractivity contribution is 6.30. The first-order valence-corrected chi connectivity index (χ1v) is 8.71. The third kappa shape index (κ3) is 4.68. The highest BCUT2D eigenvalue weighted by Crippen LogP contribution is 2.21. The fourth-order valence-corrected chi connectivity index (χ4v) is 3.13. The number of hydrogen-bond acceptors (Lipinski definition) is 4. The lowest BCUT2D eigenvalue weighted by atomic mass is 10.1. The number of halogens is 1. The molecule has 2 N–H and O–H groups in total. The molecule has 0 saturated heterocycles. The Morgan fingerprint density at radius 1 is 1.17 bits per heavy atom. The Balaban J connectivity index is 1.47. The number of carbonyl (C=O) groups excluding carboxylic acids is 1. The number of carbonyl (C=O) groups is 1. The quantitative estimate of drug-likeness (QED) is 0.842. The molecule has 0 bridgehead atoms. The van der Waals surface area contributed by atoms with Gasteiger partial charge in [0.1, 0.15) is 5.82 Å². The van der Waals surface area contributed by atoms with Gasteiger partial charge in [-0.2, -0.15) is 0 Å². The van der Waals surface area contributed by atoms with Crippen LogP contribution in [0.1, 0.15) is 41.7 Å². The van der Waals surface area contributed by atoms with E-state index in [-0.39, 0.29) is 5.91 Å². The minimum Gasteiger partial charge on any atom is -0.366 e. The van der Waals surface area contributed by atoms with Gasteiger partial charge in [-0.25, -0.2) is 0 Å². The molecule has 2 aromatic rings. The molecule has 1 fully saturated rings. The minimum atomic E-state index is -0.211. The monoisotopic (exact) mass is 344 g/mol. The van der Waals surface area contributed by atoms with E-state index >= 15 is 0 Å². The first kappa shape index (κ1) is 16.7. The van der Waals surface area contributed by atoms with Crippen molar-refractivity contribution in [3.63, 3.8) is 0 Å². The summed E-state index contributed by atoms with van der Waals surface area (Å²) < 4.78 is 0. The van der Waals surface area contributed by atoms with Crippen LogP contribution < -0.4 is 10.6 Å². The lowest BCUT2D eigenvalue weighted by molar-refractivity contribution is 0.0948. The lowest BCUT2D eigenvalue weighted by Crippen LogP contribution is -2.27. The maximum atomic E-state index is 12.1. The molecule has 24 heavy (non-hydrogen) atoms. The summed E-state index contributed by atoms with van der Waals surface area (Å²) in [4.78, 5) is 12.1. The van der Waals surface area contributed by atoms with E-state index in [1.807, 2.05) is 30.3 Å². The average molecular weight is 345 g/mol. The summed E-state index contributed by atoms with van der Waals surface area (Å²) in [7, 11) is 0. The number of aromatic nitrogens is 2. The Hall–Kier alpha value is -2.14. The van der Waals surface area contributed by atoms with Gasteiger partial charge in [0, 0.05) is 17.6 Å². The highest BCUT2D eigenvalue weighted by atomic mass is 35.5. The van der Waals surface area contributed by atoms with Crippen molar-refractivity contribution in [1.82, 2.24) is 15.5 Å². The smallest absolute Gasteiger partial charge is 0.271 e. The molecule has 6 heteroatoms. The van der Waals surface area contributed by atoms with Gasteiger partial charge in [-0.3, -0.25) is 4.79 Å². The first-order valence-electron chi connectivity index (χ1n) is 8.33. The zero-order chi connectivity index (χ0) is 16.8. The van der Waals surface area contributed by atoms with Crippen LogP contribution in [-0.2, 0) is 6.42 Å². The van der Waals surface area contributed by atoms with E-state index in [0.29, 0.717) is 23.3 Å². The van der Waals surface area contributed by atoms with Crippen LogP contribution in [0, 0.1) is 0 Å². The van der Waals surface area contributed by atoms with Crippen LogP contribution in [0.25, 0.3) is 0 Å². The molecule has 0 spiro atoms. The molecule has 0 unspecified atom stereocenters. The van der Waals surface area contributed by atoms with Gasteiger partial charge in [-0.05, 0) is 49.1 Å². The standard InChI is InChI=1S/C18H21ClN4O/c19-14-5-3-4-13(12-14)10-11-20-18(24)16-8-9-17(23-22-16)21-15-6-1-2-7-15/h3-5,8-9,12,15H,1-2,6-7,10-11H2,(H,20,24)(H,21,23). The normalized spacial score (nSPS) is 14.5. The molecular weight excluding hydrogens is 324 g/mol. The molecule has 5 nitrogen and oxygen atoms in total. The Labute approximate surface area is 146 Å². The molecule has 126 valence electrons. The number of anilines is 1. The average Bonchev–Trinajstić information content (AvgIpc) is 3.08. The third-order valence-electron chi connectivity index (χ3n) is 4.19. The van der Waals surface area contributed by atoms with E-state index in [2.05, 4.69) is 20.8 Å². The van der Waals surface area contributed by atoms with Crippen molar-refractivity contribution in [3.8, 4) is 0 Å². The van der Waals surface area contributed by atoms with Crippen LogP contribution in [0.15, 0.2) is 36.4 Å². The fourth-order valence-electron chi connectivity index (χ4n) is 2.91. The van der Waals surface area contributed by atoms with Crippen molar-refractivity contribution < 1.29 is 4.79 Å². The van der Waals surface area contributed by atoms with Crippen LogP contribution in [0.5, 0.6) is 0 Å². The molecule has 1 aliphatic carbocycles. The van der Waals surface area contributed by atoms with Crippen molar-refractivity contribution in [3.05, 3.63) is 52.7 Å². The van der Waals surface area contributed by atoms with Crippen LogP contribution in [0.2, 0.25) is 5.02 Å². The predicted octanol–water partition coefficient (Wildman–Crippen LogP) is 3.46. The maximum absolute atomic E-state index is 12.1. The molecule has 0 atom stereocenters. The fraction of sp³-hybridized carbons (Fsp3) is 0.389. The zero-order valence-corrected chi connectivity index (χ0v) is 14.2. The SMILES string of the molecule is O=C(NCCc1cccc(Cl)c1)c1ccc(NC2CCCC2)nn1. The van der Waals surface area contributed by atoms with E-state index in [1.54, 1.807) is 6.07 Å². The molecule has 1 amide bonds.